The van der Waals surface area contributed by atoms with Crippen molar-refractivity contribution in [3.05, 3.63) is 29.3 Å². The molecule has 0 spiro atoms. The molecule has 2 N–H and O–H groups in total. The molecule has 0 saturated carbocycles. The Morgan fingerprint density at radius 3 is 2.38 bits per heavy atom. The molecule has 2 amide bonds. The van der Waals surface area contributed by atoms with Crippen molar-refractivity contribution >= 4 is 23.4 Å². The summed E-state index contributed by atoms with van der Waals surface area (Å²) in [7, 11) is 0. The van der Waals surface area contributed by atoms with Crippen LogP contribution in [0.25, 0.3) is 0 Å². The summed E-state index contributed by atoms with van der Waals surface area (Å²) >= 11 is 5.79. The van der Waals surface area contributed by atoms with Gasteiger partial charge in [-0.05, 0) is 44.7 Å². The standard InChI is InChI=1S/C17H26ClN3O3/c1-4-21(12-17(23)20-13(2)3)11-16(22)19-9-10-24-15-7-5-14(18)6-8-15/h5-8,13H,4,9-12H2,1-3H3,(H,19,22)(H,20,23). The van der Waals surface area contributed by atoms with Gasteiger partial charge in [0, 0.05) is 11.1 Å². The van der Waals surface area contributed by atoms with Crippen molar-refractivity contribution < 1.29 is 14.3 Å². The van der Waals surface area contributed by atoms with Gasteiger partial charge >= 0.3 is 0 Å². The van der Waals surface area contributed by atoms with Crippen molar-refractivity contribution in [1.29, 1.82) is 0 Å². The molecule has 1 aromatic carbocycles. The van der Waals surface area contributed by atoms with Crippen molar-refractivity contribution in [2.24, 2.45) is 0 Å². The third kappa shape index (κ3) is 8.74. The van der Waals surface area contributed by atoms with E-state index in [2.05, 4.69) is 10.6 Å². The van der Waals surface area contributed by atoms with Gasteiger partial charge in [0.25, 0.3) is 0 Å². The molecular formula is C17H26ClN3O3. The number of nitrogens with one attached hydrogen (secondary N) is 2. The van der Waals surface area contributed by atoms with E-state index in [4.69, 9.17) is 16.3 Å². The molecule has 0 fully saturated rings. The number of carbonyl (C=O) groups is 2. The fourth-order valence-corrected chi connectivity index (χ4v) is 2.13. The van der Waals surface area contributed by atoms with Crippen LogP contribution in [0, 0.1) is 0 Å². The molecule has 134 valence electrons. The van der Waals surface area contributed by atoms with E-state index in [1.165, 1.54) is 0 Å². The number of benzene rings is 1. The van der Waals surface area contributed by atoms with Gasteiger partial charge in [-0.2, -0.15) is 0 Å². The number of hydrogen-bond acceptors (Lipinski definition) is 4. The van der Waals surface area contributed by atoms with E-state index in [0.29, 0.717) is 30.5 Å². The molecular weight excluding hydrogens is 330 g/mol. The van der Waals surface area contributed by atoms with Crippen LogP contribution in [0.4, 0.5) is 0 Å². The maximum absolute atomic E-state index is 11.9. The Morgan fingerprint density at radius 2 is 1.79 bits per heavy atom. The zero-order valence-corrected chi connectivity index (χ0v) is 15.2. The van der Waals surface area contributed by atoms with Crippen LogP contribution < -0.4 is 15.4 Å². The maximum Gasteiger partial charge on any atom is 0.234 e. The third-order valence-corrected chi connectivity index (χ3v) is 3.39. The number of ether oxygens (including phenoxy) is 1. The van der Waals surface area contributed by atoms with Gasteiger partial charge in [0.2, 0.25) is 11.8 Å². The van der Waals surface area contributed by atoms with Gasteiger partial charge < -0.3 is 15.4 Å². The van der Waals surface area contributed by atoms with E-state index >= 15 is 0 Å². The lowest BCUT2D eigenvalue weighted by Gasteiger charge is -2.20. The first kappa shape index (κ1) is 20.3. The molecule has 0 unspecified atom stereocenters. The summed E-state index contributed by atoms with van der Waals surface area (Å²) < 4.78 is 5.50. The second-order valence-electron chi connectivity index (χ2n) is 5.68. The number of carbonyl (C=O) groups excluding carboxylic acids is 2. The molecule has 24 heavy (non-hydrogen) atoms. The van der Waals surface area contributed by atoms with Crippen molar-refractivity contribution in [2.75, 3.05) is 32.8 Å². The Bertz CT molecular complexity index is 520. The monoisotopic (exact) mass is 355 g/mol. The summed E-state index contributed by atoms with van der Waals surface area (Å²) in [6.07, 6.45) is 0. The molecule has 0 aliphatic carbocycles. The molecule has 6 nitrogen and oxygen atoms in total. The molecule has 0 radical (unpaired) electrons. The normalized spacial score (nSPS) is 10.8. The van der Waals surface area contributed by atoms with Crippen LogP contribution in [-0.4, -0.2) is 55.5 Å². The molecule has 1 aromatic rings. The van der Waals surface area contributed by atoms with Gasteiger partial charge in [0.05, 0.1) is 19.6 Å². The fraction of sp³-hybridized carbons (Fsp3) is 0.529. The largest absolute Gasteiger partial charge is 0.492 e. The molecule has 7 heteroatoms. The van der Waals surface area contributed by atoms with Crippen molar-refractivity contribution in [2.45, 2.75) is 26.8 Å². The summed E-state index contributed by atoms with van der Waals surface area (Å²) in [5.41, 5.74) is 0. The Kier molecular flexibility index (Phi) is 9.19. The minimum absolute atomic E-state index is 0.0780. The Hall–Kier alpha value is -1.79. The molecule has 1 rings (SSSR count). The highest BCUT2D eigenvalue weighted by atomic mass is 35.5. The smallest absolute Gasteiger partial charge is 0.234 e. The first-order valence-electron chi connectivity index (χ1n) is 8.07. The Balaban J connectivity index is 2.23. The number of hydrogen-bond donors (Lipinski definition) is 2. The van der Waals surface area contributed by atoms with Crippen LogP contribution in [0.2, 0.25) is 5.02 Å². The maximum atomic E-state index is 11.9. The first-order chi connectivity index (χ1) is 11.4. The van der Waals surface area contributed by atoms with E-state index in [-0.39, 0.29) is 30.9 Å². The van der Waals surface area contributed by atoms with Crippen molar-refractivity contribution in [3.63, 3.8) is 0 Å². The lowest BCUT2D eigenvalue weighted by molar-refractivity contribution is -0.125. The SMILES string of the molecule is CCN(CC(=O)NCCOc1ccc(Cl)cc1)CC(=O)NC(C)C. The second kappa shape index (κ2) is 10.9. The van der Waals surface area contributed by atoms with Gasteiger partial charge in [0.15, 0.2) is 0 Å². The predicted octanol–water partition coefficient (Wildman–Crippen LogP) is 1.68. The van der Waals surface area contributed by atoms with E-state index < -0.39 is 0 Å². The van der Waals surface area contributed by atoms with Crippen molar-refractivity contribution in [3.8, 4) is 5.75 Å². The van der Waals surface area contributed by atoms with Crippen LogP contribution in [0.1, 0.15) is 20.8 Å². The van der Waals surface area contributed by atoms with Crippen molar-refractivity contribution in [1.82, 2.24) is 15.5 Å². The number of nitrogens with zero attached hydrogens (tertiary/aromatic N) is 1. The number of halogens is 1. The fourth-order valence-electron chi connectivity index (χ4n) is 2.00. The van der Waals surface area contributed by atoms with Gasteiger partial charge in [0.1, 0.15) is 12.4 Å². The lowest BCUT2D eigenvalue weighted by atomic mass is 10.3. The van der Waals surface area contributed by atoms with Crippen LogP contribution in [-0.2, 0) is 9.59 Å². The summed E-state index contributed by atoms with van der Waals surface area (Å²) in [5, 5.41) is 6.24. The molecule has 0 atom stereocenters. The lowest BCUT2D eigenvalue weighted by Crippen LogP contribution is -2.44. The second-order valence-corrected chi connectivity index (χ2v) is 6.11. The van der Waals surface area contributed by atoms with Crippen LogP contribution in [0.5, 0.6) is 5.75 Å². The summed E-state index contributed by atoms with van der Waals surface area (Å²) in [5.74, 6) is 0.494. The Morgan fingerprint density at radius 1 is 1.17 bits per heavy atom. The zero-order valence-electron chi connectivity index (χ0n) is 14.5. The van der Waals surface area contributed by atoms with Gasteiger partial charge in [-0.3, -0.25) is 14.5 Å². The number of likely N-dealkylation sites (N-methyl/N-ethyl adjacent to an activating group) is 1. The predicted molar refractivity (Wildman–Crippen MR) is 95.3 cm³/mol. The summed E-state index contributed by atoms with van der Waals surface area (Å²) in [6.45, 7) is 7.51. The number of amides is 2. The molecule has 0 heterocycles. The summed E-state index contributed by atoms with van der Waals surface area (Å²) in [4.78, 5) is 25.4. The minimum Gasteiger partial charge on any atom is -0.492 e. The number of rotatable bonds is 10. The molecule has 0 saturated heterocycles. The molecule has 0 aromatic heterocycles. The van der Waals surface area contributed by atoms with Crippen LogP contribution >= 0.6 is 11.6 Å². The highest BCUT2D eigenvalue weighted by Gasteiger charge is 2.13. The quantitative estimate of drug-likeness (QED) is 0.626. The molecule has 0 aliphatic heterocycles. The van der Waals surface area contributed by atoms with E-state index in [1.807, 2.05) is 20.8 Å². The van der Waals surface area contributed by atoms with E-state index in [0.717, 1.165) is 0 Å². The van der Waals surface area contributed by atoms with E-state index in [9.17, 15) is 9.59 Å². The highest BCUT2D eigenvalue weighted by Crippen LogP contribution is 2.14. The zero-order chi connectivity index (χ0) is 17.9. The molecule has 0 aliphatic rings. The highest BCUT2D eigenvalue weighted by molar-refractivity contribution is 6.30. The minimum atomic E-state index is -0.131. The third-order valence-electron chi connectivity index (χ3n) is 3.14. The van der Waals surface area contributed by atoms with E-state index in [1.54, 1.807) is 29.2 Å². The van der Waals surface area contributed by atoms with Gasteiger partial charge in [-0.1, -0.05) is 18.5 Å². The van der Waals surface area contributed by atoms with Crippen LogP contribution in [0.15, 0.2) is 24.3 Å². The molecule has 0 bridgehead atoms. The Labute approximate surface area is 148 Å². The van der Waals surface area contributed by atoms with Crippen LogP contribution in [0.3, 0.4) is 0 Å². The topological polar surface area (TPSA) is 70.7 Å². The average Bonchev–Trinajstić information content (AvgIpc) is 2.51. The average molecular weight is 356 g/mol. The summed E-state index contributed by atoms with van der Waals surface area (Å²) in [6, 6.07) is 7.13. The van der Waals surface area contributed by atoms with Gasteiger partial charge in [-0.25, -0.2) is 0 Å². The van der Waals surface area contributed by atoms with Gasteiger partial charge in [-0.15, -0.1) is 0 Å². The first-order valence-corrected chi connectivity index (χ1v) is 8.45.